The Balaban J connectivity index is 2.01. The molecule has 0 aromatic carbocycles. The van der Waals surface area contributed by atoms with E-state index in [4.69, 9.17) is 9.47 Å². The summed E-state index contributed by atoms with van der Waals surface area (Å²) in [5, 5.41) is 3.37. The molecule has 0 radical (unpaired) electrons. The fourth-order valence-corrected chi connectivity index (χ4v) is 1.17. The van der Waals surface area contributed by atoms with Crippen LogP contribution in [-0.4, -0.2) is 38.5 Å². The van der Waals surface area contributed by atoms with Crippen LogP contribution in [0.4, 0.5) is 0 Å². The molecule has 1 N–H and O–H groups in total. The highest BCUT2D eigenvalue weighted by Gasteiger charge is 2.19. The van der Waals surface area contributed by atoms with Crippen molar-refractivity contribution in [3.8, 4) is 0 Å². The molecule has 0 saturated carbocycles. The first kappa shape index (κ1) is 9.96. The van der Waals surface area contributed by atoms with Crippen LogP contribution in [0, 0.1) is 0 Å². The number of hydrogen-bond donors (Lipinski definition) is 1. The van der Waals surface area contributed by atoms with Crippen LogP contribution in [0.2, 0.25) is 0 Å². The summed E-state index contributed by atoms with van der Waals surface area (Å²) < 4.78 is 10.6. The van der Waals surface area contributed by atoms with Gasteiger partial charge >= 0.3 is 0 Å². The minimum absolute atomic E-state index is 0.359. The maximum Gasteiger partial charge on any atom is 0.104 e. The van der Waals surface area contributed by atoms with E-state index in [-0.39, 0.29) is 0 Å². The molecular weight excluding hydrogens is 154 g/mol. The Morgan fingerprint density at radius 3 is 2.67 bits per heavy atom. The van der Waals surface area contributed by atoms with Crippen LogP contribution in [0.1, 0.15) is 20.3 Å². The second-order valence-electron chi connectivity index (χ2n) is 3.16. The smallest absolute Gasteiger partial charge is 0.104 e. The van der Waals surface area contributed by atoms with Gasteiger partial charge < -0.3 is 14.8 Å². The van der Waals surface area contributed by atoms with E-state index < -0.39 is 0 Å². The zero-order chi connectivity index (χ0) is 8.81. The fraction of sp³-hybridized carbons (Fsp3) is 1.00. The lowest BCUT2D eigenvalue weighted by molar-refractivity contribution is -0.133. The van der Waals surface area contributed by atoms with Crippen LogP contribution in [0.15, 0.2) is 0 Å². The molecule has 0 bridgehead atoms. The third kappa shape index (κ3) is 3.09. The van der Waals surface area contributed by atoms with Crippen molar-refractivity contribution in [2.75, 3.05) is 26.4 Å². The van der Waals surface area contributed by atoms with Crippen LogP contribution < -0.4 is 5.32 Å². The average molecular weight is 173 g/mol. The van der Waals surface area contributed by atoms with E-state index >= 15 is 0 Å². The largest absolute Gasteiger partial charge is 0.376 e. The molecule has 1 aliphatic rings. The van der Waals surface area contributed by atoms with Gasteiger partial charge in [0, 0.05) is 6.04 Å². The number of likely N-dealkylation sites (N-methyl/N-ethyl adjacent to an activating group) is 1. The molecule has 1 rings (SSSR count). The maximum atomic E-state index is 5.60. The van der Waals surface area contributed by atoms with Crippen LogP contribution in [0.3, 0.4) is 0 Å². The van der Waals surface area contributed by atoms with Gasteiger partial charge in [0.25, 0.3) is 0 Å². The molecule has 0 spiro atoms. The van der Waals surface area contributed by atoms with Gasteiger partial charge in [-0.2, -0.15) is 0 Å². The second-order valence-corrected chi connectivity index (χ2v) is 3.16. The van der Waals surface area contributed by atoms with Crippen LogP contribution in [-0.2, 0) is 9.47 Å². The summed E-state index contributed by atoms with van der Waals surface area (Å²) in [4.78, 5) is 0. The Kier molecular flexibility index (Phi) is 4.58. The van der Waals surface area contributed by atoms with Gasteiger partial charge in [-0.25, -0.2) is 0 Å². The summed E-state index contributed by atoms with van der Waals surface area (Å²) in [7, 11) is 0. The summed E-state index contributed by atoms with van der Waals surface area (Å²) in [6, 6.07) is 0.510. The van der Waals surface area contributed by atoms with Gasteiger partial charge in [0.15, 0.2) is 0 Å². The van der Waals surface area contributed by atoms with E-state index in [9.17, 15) is 0 Å². The van der Waals surface area contributed by atoms with Gasteiger partial charge in [-0.15, -0.1) is 0 Å². The molecule has 1 saturated heterocycles. The van der Waals surface area contributed by atoms with E-state index in [1.165, 1.54) is 0 Å². The van der Waals surface area contributed by atoms with Crippen molar-refractivity contribution >= 4 is 0 Å². The summed E-state index contributed by atoms with van der Waals surface area (Å²) in [5.41, 5.74) is 0. The van der Waals surface area contributed by atoms with Gasteiger partial charge in [0.2, 0.25) is 0 Å². The van der Waals surface area contributed by atoms with E-state index in [0.717, 1.165) is 32.8 Å². The molecule has 0 aromatic rings. The van der Waals surface area contributed by atoms with Gasteiger partial charge in [-0.3, -0.25) is 0 Å². The summed E-state index contributed by atoms with van der Waals surface area (Å²) in [5.74, 6) is 0. The zero-order valence-electron chi connectivity index (χ0n) is 8.01. The highest BCUT2D eigenvalue weighted by molar-refractivity contribution is 4.68. The summed E-state index contributed by atoms with van der Waals surface area (Å²) in [6.07, 6.45) is 1.49. The molecule has 0 amide bonds. The van der Waals surface area contributed by atoms with E-state index in [1.54, 1.807) is 0 Å². The molecule has 1 aliphatic heterocycles. The Hall–Kier alpha value is -0.120. The van der Waals surface area contributed by atoms with Crippen LogP contribution in [0.5, 0.6) is 0 Å². The number of hydrogen-bond acceptors (Lipinski definition) is 3. The highest BCUT2D eigenvalue weighted by Crippen LogP contribution is 2.06. The summed E-state index contributed by atoms with van der Waals surface area (Å²) >= 11 is 0. The van der Waals surface area contributed by atoms with E-state index in [1.807, 2.05) is 0 Å². The van der Waals surface area contributed by atoms with Crippen molar-refractivity contribution in [3.05, 3.63) is 0 Å². The highest BCUT2D eigenvalue weighted by atomic mass is 16.6. The molecule has 12 heavy (non-hydrogen) atoms. The molecular formula is C9H19NO2. The molecule has 72 valence electrons. The third-order valence-electron chi connectivity index (χ3n) is 2.13. The van der Waals surface area contributed by atoms with E-state index in [2.05, 4.69) is 19.2 Å². The first-order valence-electron chi connectivity index (χ1n) is 4.79. The Bertz CT molecular complexity index is 115. The lowest BCUT2D eigenvalue weighted by Crippen LogP contribution is -2.41. The molecule has 1 atom stereocenters. The lowest BCUT2D eigenvalue weighted by Gasteiger charge is -2.28. The lowest BCUT2D eigenvalue weighted by atomic mass is 10.2. The van der Waals surface area contributed by atoms with Gasteiger partial charge in [0.05, 0.1) is 19.8 Å². The minimum Gasteiger partial charge on any atom is -0.376 e. The Morgan fingerprint density at radius 1 is 1.50 bits per heavy atom. The molecule has 0 aromatic heterocycles. The molecule has 3 nitrogen and oxygen atoms in total. The second kappa shape index (κ2) is 5.51. The van der Waals surface area contributed by atoms with Crippen molar-refractivity contribution in [2.24, 2.45) is 0 Å². The molecule has 1 heterocycles. The Labute approximate surface area is 74.4 Å². The quantitative estimate of drug-likeness (QED) is 0.644. The molecule has 1 unspecified atom stereocenters. The van der Waals surface area contributed by atoms with Crippen molar-refractivity contribution in [3.63, 3.8) is 0 Å². The Morgan fingerprint density at radius 2 is 2.25 bits per heavy atom. The van der Waals surface area contributed by atoms with Gasteiger partial charge in [0.1, 0.15) is 6.10 Å². The van der Waals surface area contributed by atoms with Crippen molar-refractivity contribution in [2.45, 2.75) is 32.4 Å². The first-order valence-corrected chi connectivity index (χ1v) is 4.79. The molecule has 3 heteroatoms. The summed E-state index contributed by atoms with van der Waals surface area (Å²) in [6.45, 7) is 7.69. The normalized spacial score (nSPS) is 20.5. The third-order valence-corrected chi connectivity index (χ3v) is 2.13. The van der Waals surface area contributed by atoms with Gasteiger partial charge in [-0.1, -0.05) is 13.8 Å². The molecule has 1 fully saturated rings. The number of ether oxygens (including phenoxy) is 2. The van der Waals surface area contributed by atoms with Crippen molar-refractivity contribution in [1.29, 1.82) is 0 Å². The number of nitrogens with one attached hydrogen (secondary N) is 1. The topological polar surface area (TPSA) is 30.5 Å². The zero-order valence-corrected chi connectivity index (χ0v) is 8.01. The standard InChI is InChI=1S/C9H19NO2/c1-3-8(10-4-2)5-12-9-6-11-7-9/h8-10H,3-7H2,1-2H3. The maximum absolute atomic E-state index is 5.60. The van der Waals surface area contributed by atoms with Gasteiger partial charge in [-0.05, 0) is 13.0 Å². The molecule has 0 aliphatic carbocycles. The minimum atomic E-state index is 0.359. The predicted octanol–water partition coefficient (Wildman–Crippen LogP) is 0.790. The van der Waals surface area contributed by atoms with Crippen LogP contribution >= 0.6 is 0 Å². The number of rotatable bonds is 6. The predicted molar refractivity (Wildman–Crippen MR) is 48.3 cm³/mol. The van der Waals surface area contributed by atoms with Crippen molar-refractivity contribution in [1.82, 2.24) is 5.32 Å². The fourth-order valence-electron chi connectivity index (χ4n) is 1.17. The first-order chi connectivity index (χ1) is 5.86. The monoisotopic (exact) mass is 173 g/mol. The SMILES string of the molecule is CCNC(CC)COC1COC1. The van der Waals surface area contributed by atoms with E-state index in [0.29, 0.717) is 12.1 Å². The van der Waals surface area contributed by atoms with Crippen LogP contribution in [0.25, 0.3) is 0 Å². The van der Waals surface area contributed by atoms with Crippen molar-refractivity contribution < 1.29 is 9.47 Å². The average Bonchev–Trinajstić information content (AvgIpc) is 2.00.